The maximum atomic E-state index is 11.2. The molecule has 0 aromatic rings. The van der Waals surface area contributed by atoms with Crippen molar-refractivity contribution in [3.63, 3.8) is 0 Å². The normalized spacial score (nSPS) is 12.1. The molecule has 0 bridgehead atoms. The number of hydrogen-bond acceptors (Lipinski definition) is 3. The van der Waals surface area contributed by atoms with E-state index in [-0.39, 0.29) is 5.91 Å². The third-order valence-electron chi connectivity index (χ3n) is 1.10. The van der Waals surface area contributed by atoms with Crippen LogP contribution in [0.3, 0.4) is 0 Å². The first-order valence-corrected chi connectivity index (χ1v) is 3.19. The van der Waals surface area contributed by atoms with Crippen molar-refractivity contribution in [3.8, 4) is 0 Å². The van der Waals surface area contributed by atoms with Gasteiger partial charge in [0, 0.05) is 33.6 Å². The number of nitrogens with two attached hydrogens (primary N) is 1. The summed E-state index contributed by atoms with van der Waals surface area (Å²) in [6, 6.07) is 0. The summed E-state index contributed by atoms with van der Waals surface area (Å²) in [6.07, 6.45) is 2.68. The fourth-order valence-corrected chi connectivity index (χ4v) is 0.567. The van der Waals surface area contributed by atoms with Gasteiger partial charge in [0.1, 0.15) is 0 Å². The summed E-state index contributed by atoms with van der Waals surface area (Å²) >= 11 is 0. The van der Waals surface area contributed by atoms with E-state index >= 15 is 0 Å². The summed E-state index contributed by atoms with van der Waals surface area (Å²) < 4.78 is 0. The third-order valence-corrected chi connectivity index (χ3v) is 1.10. The monoisotopic (exact) mass is 155 g/mol. The SMILES string of the molecule is CN=C/C(=C\N)C(=O)N(C)C. The van der Waals surface area contributed by atoms with Crippen molar-refractivity contribution >= 4 is 12.1 Å². The molecule has 4 heteroatoms. The average molecular weight is 155 g/mol. The Morgan fingerprint density at radius 3 is 2.36 bits per heavy atom. The maximum absolute atomic E-state index is 11.2. The number of rotatable bonds is 2. The number of amides is 1. The van der Waals surface area contributed by atoms with Crippen LogP contribution in [0.1, 0.15) is 0 Å². The van der Waals surface area contributed by atoms with Crippen molar-refractivity contribution in [1.82, 2.24) is 4.90 Å². The maximum Gasteiger partial charge on any atom is 0.256 e. The van der Waals surface area contributed by atoms with Gasteiger partial charge in [0.05, 0.1) is 5.57 Å². The van der Waals surface area contributed by atoms with Gasteiger partial charge in [-0.05, 0) is 0 Å². The number of carbonyl (C=O) groups excluding carboxylic acids is 1. The van der Waals surface area contributed by atoms with Crippen LogP contribution in [0.2, 0.25) is 0 Å². The first kappa shape index (κ1) is 9.68. The zero-order valence-electron chi connectivity index (χ0n) is 7.03. The fourth-order valence-electron chi connectivity index (χ4n) is 0.567. The Hall–Kier alpha value is -1.32. The standard InChI is InChI=1S/C7H13N3O/c1-9-5-6(4-8)7(11)10(2)3/h4-5H,8H2,1-3H3/b6-4+,9-5?. The molecule has 0 fully saturated rings. The second kappa shape index (κ2) is 4.49. The highest BCUT2D eigenvalue weighted by atomic mass is 16.2. The van der Waals surface area contributed by atoms with Gasteiger partial charge < -0.3 is 10.6 Å². The molecule has 0 aliphatic rings. The van der Waals surface area contributed by atoms with E-state index in [0.29, 0.717) is 5.57 Å². The van der Waals surface area contributed by atoms with Crippen molar-refractivity contribution in [2.45, 2.75) is 0 Å². The van der Waals surface area contributed by atoms with E-state index in [1.165, 1.54) is 17.3 Å². The van der Waals surface area contributed by atoms with Crippen LogP contribution in [0, 0.1) is 0 Å². The second-order valence-electron chi connectivity index (χ2n) is 2.21. The lowest BCUT2D eigenvalue weighted by atomic mass is 10.3. The Morgan fingerprint density at radius 2 is 2.09 bits per heavy atom. The van der Waals surface area contributed by atoms with E-state index < -0.39 is 0 Å². The molecule has 0 rings (SSSR count). The lowest BCUT2D eigenvalue weighted by molar-refractivity contribution is -0.124. The van der Waals surface area contributed by atoms with E-state index in [1.54, 1.807) is 21.1 Å². The van der Waals surface area contributed by atoms with Crippen LogP contribution in [0.15, 0.2) is 16.8 Å². The van der Waals surface area contributed by atoms with E-state index in [0.717, 1.165) is 0 Å². The summed E-state index contributed by atoms with van der Waals surface area (Å²) in [6.45, 7) is 0. The predicted molar refractivity (Wildman–Crippen MR) is 45.4 cm³/mol. The molecule has 0 saturated heterocycles. The largest absolute Gasteiger partial charge is 0.404 e. The van der Waals surface area contributed by atoms with Gasteiger partial charge in [0.2, 0.25) is 0 Å². The van der Waals surface area contributed by atoms with Crippen LogP contribution < -0.4 is 5.73 Å². The minimum atomic E-state index is -0.141. The third kappa shape index (κ3) is 2.84. The van der Waals surface area contributed by atoms with Gasteiger partial charge >= 0.3 is 0 Å². The summed E-state index contributed by atoms with van der Waals surface area (Å²) in [4.78, 5) is 16.3. The molecule has 0 radical (unpaired) electrons. The number of carbonyl (C=O) groups is 1. The van der Waals surface area contributed by atoms with Gasteiger partial charge in [-0.1, -0.05) is 0 Å². The van der Waals surface area contributed by atoms with Crippen LogP contribution >= 0.6 is 0 Å². The highest BCUT2D eigenvalue weighted by molar-refractivity contribution is 6.11. The minimum Gasteiger partial charge on any atom is -0.404 e. The number of likely N-dealkylation sites (N-methyl/N-ethyl adjacent to an activating group) is 1. The second-order valence-corrected chi connectivity index (χ2v) is 2.21. The van der Waals surface area contributed by atoms with Crippen LogP contribution in [0.4, 0.5) is 0 Å². The van der Waals surface area contributed by atoms with Gasteiger partial charge in [-0.25, -0.2) is 0 Å². The summed E-state index contributed by atoms with van der Waals surface area (Å²) in [7, 11) is 4.91. The van der Waals surface area contributed by atoms with Crippen LogP contribution in [-0.2, 0) is 4.79 Å². The van der Waals surface area contributed by atoms with Gasteiger partial charge in [-0.3, -0.25) is 9.79 Å². The van der Waals surface area contributed by atoms with Crippen molar-refractivity contribution in [3.05, 3.63) is 11.8 Å². The topological polar surface area (TPSA) is 58.7 Å². The molecule has 0 aliphatic carbocycles. The number of nitrogens with zero attached hydrogens (tertiary/aromatic N) is 2. The van der Waals surface area contributed by atoms with Gasteiger partial charge in [-0.2, -0.15) is 0 Å². The first-order valence-electron chi connectivity index (χ1n) is 3.19. The molecule has 1 amide bonds. The van der Waals surface area contributed by atoms with Gasteiger partial charge in [-0.15, -0.1) is 0 Å². The van der Waals surface area contributed by atoms with Crippen LogP contribution in [0.5, 0.6) is 0 Å². The van der Waals surface area contributed by atoms with Crippen molar-refractivity contribution in [2.75, 3.05) is 21.1 Å². The molecule has 0 saturated carbocycles. The van der Waals surface area contributed by atoms with Gasteiger partial charge in [0.25, 0.3) is 5.91 Å². The van der Waals surface area contributed by atoms with Crippen LogP contribution in [-0.4, -0.2) is 38.2 Å². The Bertz CT molecular complexity index is 194. The molecular weight excluding hydrogens is 142 g/mol. The zero-order chi connectivity index (χ0) is 8.85. The molecule has 0 aromatic heterocycles. The molecule has 4 nitrogen and oxygen atoms in total. The van der Waals surface area contributed by atoms with Gasteiger partial charge in [0.15, 0.2) is 0 Å². The first-order chi connectivity index (χ1) is 5.13. The molecule has 0 aliphatic heterocycles. The predicted octanol–water partition coefficient (Wildman–Crippen LogP) is -0.382. The molecule has 2 N–H and O–H groups in total. The molecule has 0 spiro atoms. The Kier molecular flexibility index (Phi) is 3.95. The van der Waals surface area contributed by atoms with E-state index in [2.05, 4.69) is 4.99 Å². The fraction of sp³-hybridized carbons (Fsp3) is 0.429. The summed E-state index contributed by atoms with van der Waals surface area (Å²) in [5.41, 5.74) is 5.60. The summed E-state index contributed by atoms with van der Waals surface area (Å²) in [5.74, 6) is -0.141. The van der Waals surface area contributed by atoms with E-state index in [4.69, 9.17) is 5.73 Å². The highest BCUT2D eigenvalue weighted by Crippen LogP contribution is 1.92. The molecule has 0 atom stereocenters. The lowest BCUT2D eigenvalue weighted by Crippen LogP contribution is -2.24. The molecule has 11 heavy (non-hydrogen) atoms. The molecule has 0 aromatic carbocycles. The molecule has 62 valence electrons. The summed E-state index contributed by atoms with van der Waals surface area (Å²) in [5, 5.41) is 0. The minimum absolute atomic E-state index is 0.141. The van der Waals surface area contributed by atoms with Crippen LogP contribution in [0.25, 0.3) is 0 Å². The van der Waals surface area contributed by atoms with Crippen molar-refractivity contribution in [1.29, 1.82) is 0 Å². The van der Waals surface area contributed by atoms with E-state index in [1.807, 2.05) is 0 Å². The molecule has 0 heterocycles. The van der Waals surface area contributed by atoms with E-state index in [9.17, 15) is 4.79 Å². The van der Waals surface area contributed by atoms with Crippen molar-refractivity contribution < 1.29 is 4.79 Å². The smallest absolute Gasteiger partial charge is 0.256 e. The Balaban J connectivity index is 4.41. The quantitative estimate of drug-likeness (QED) is 0.436. The van der Waals surface area contributed by atoms with Crippen molar-refractivity contribution in [2.24, 2.45) is 10.7 Å². The zero-order valence-corrected chi connectivity index (χ0v) is 7.03. The highest BCUT2D eigenvalue weighted by Gasteiger charge is 2.07. The number of hydrogen-bond donors (Lipinski definition) is 1. The molecular formula is C7H13N3O. The Labute approximate surface area is 66.4 Å². The molecule has 0 unspecified atom stereocenters. The number of aliphatic imine (C=N–C) groups is 1. The lowest BCUT2D eigenvalue weighted by Gasteiger charge is -2.09. The average Bonchev–Trinajstić information content (AvgIpc) is 1.98. The Morgan fingerprint density at radius 1 is 1.55 bits per heavy atom.